The van der Waals surface area contributed by atoms with E-state index in [0.717, 1.165) is 31.2 Å². The highest BCUT2D eigenvalue weighted by molar-refractivity contribution is 6.33. The normalized spacial score (nSPS) is 19.9. The number of nitro groups is 1. The first-order valence-electron chi connectivity index (χ1n) is 8.85. The molecule has 2 aliphatic rings. The molecule has 25 heavy (non-hydrogen) atoms. The van der Waals surface area contributed by atoms with Gasteiger partial charge in [0.05, 0.1) is 16.2 Å². The molecular formula is C19H23ClN2O3. The van der Waals surface area contributed by atoms with Crippen molar-refractivity contribution in [3.8, 4) is 0 Å². The van der Waals surface area contributed by atoms with Crippen molar-refractivity contribution in [2.75, 3.05) is 0 Å². The van der Waals surface area contributed by atoms with E-state index in [0.29, 0.717) is 17.7 Å². The summed E-state index contributed by atoms with van der Waals surface area (Å²) in [6, 6.07) is 3.15. The Kier molecular flexibility index (Phi) is 4.96. The van der Waals surface area contributed by atoms with Crippen LogP contribution in [-0.2, 0) is 11.2 Å². The zero-order valence-electron chi connectivity index (χ0n) is 14.7. The molecule has 1 fully saturated rings. The number of benzene rings is 1. The summed E-state index contributed by atoms with van der Waals surface area (Å²) in [5.74, 6) is 0.312. The Bertz CT molecular complexity index is 749. The van der Waals surface area contributed by atoms with Gasteiger partial charge < -0.3 is 0 Å². The number of carbonyl (C=O) groups excluding carboxylic acids is 1. The summed E-state index contributed by atoms with van der Waals surface area (Å²) in [6.07, 6.45) is 6.21. The number of fused-ring (bicyclic) bond motifs is 1. The number of hydrogen-bond acceptors (Lipinski definition) is 4. The van der Waals surface area contributed by atoms with Gasteiger partial charge in [-0.3, -0.25) is 19.9 Å². The van der Waals surface area contributed by atoms with Crippen LogP contribution >= 0.6 is 11.6 Å². The number of nitrogens with zero attached hydrogens (tertiary/aromatic N) is 2. The van der Waals surface area contributed by atoms with E-state index in [1.807, 2.05) is 13.8 Å². The molecule has 3 rings (SSSR count). The predicted octanol–water partition coefficient (Wildman–Crippen LogP) is 4.91. The summed E-state index contributed by atoms with van der Waals surface area (Å²) in [5, 5.41) is 11.4. The van der Waals surface area contributed by atoms with E-state index in [4.69, 9.17) is 16.6 Å². The van der Waals surface area contributed by atoms with Crippen molar-refractivity contribution in [1.82, 2.24) is 0 Å². The Morgan fingerprint density at radius 1 is 1.32 bits per heavy atom. The van der Waals surface area contributed by atoms with Crippen molar-refractivity contribution in [3.05, 3.63) is 38.4 Å². The van der Waals surface area contributed by atoms with E-state index < -0.39 is 4.92 Å². The first-order chi connectivity index (χ1) is 11.8. The molecule has 1 aliphatic heterocycles. The number of Topliss-reactive ketones (excluding diaryl/α,β-unsaturated/α-hetero) is 1. The van der Waals surface area contributed by atoms with Gasteiger partial charge in [0.15, 0.2) is 0 Å². The smallest absolute Gasteiger partial charge is 0.288 e. The molecule has 0 atom stereocenters. The lowest BCUT2D eigenvalue weighted by atomic mass is 9.81. The number of ketones is 1. The van der Waals surface area contributed by atoms with Gasteiger partial charge in [0.2, 0.25) is 0 Å². The standard InChI is InChI=1S/C19H23ClN2O3/c1-19(2)11-13-8-15(20)17(22(24)25)9-14(13)16(21-19)10-18(23)12-6-4-3-5-7-12/h8-9,12H,3-7,10-11H2,1-2H3. The highest BCUT2D eigenvalue weighted by Crippen LogP contribution is 2.35. The third-order valence-corrected chi connectivity index (χ3v) is 5.45. The molecule has 6 heteroatoms. The monoisotopic (exact) mass is 362 g/mol. The molecule has 0 aromatic heterocycles. The van der Waals surface area contributed by atoms with Gasteiger partial charge in [0.1, 0.15) is 10.8 Å². The summed E-state index contributed by atoms with van der Waals surface area (Å²) in [4.78, 5) is 28.2. The lowest BCUT2D eigenvalue weighted by Gasteiger charge is -2.30. The number of aliphatic imine (C=N–C) groups is 1. The fourth-order valence-electron chi connectivity index (χ4n) is 3.96. The van der Waals surface area contributed by atoms with Crippen LogP contribution in [0.1, 0.15) is 63.5 Å². The molecule has 0 saturated heterocycles. The molecule has 1 aliphatic carbocycles. The van der Waals surface area contributed by atoms with Gasteiger partial charge in [0, 0.05) is 24.0 Å². The minimum atomic E-state index is -0.483. The molecular weight excluding hydrogens is 340 g/mol. The molecule has 1 saturated carbocycles. The maximum Gasteiger partial charge on any atom is 0.288 e. The molecule has 134 valence electrons. The van der Waals surface area contributed by atoms with Crippen LogP contribution in [0.5, 0.6) is 0 Å². The second-order valence-corrected chi connectivity index (χ2v) is 8.15. The maximum absolute atomic E-state index is 12.7. The highest BCUT2D eigenvalue weighted by atomic mass is 35.5. The summed E-state index contributed by atoms with van der Waals surface area (Å²) >= 11 is 6.08. The van der Waals surface area contributed by atoms with Gasteiger partial charge in [-0.05, 0) is 44.7 Å². The van der Waals surface area contributed by atoms with Crippen LogP contribution in [0.3, 0.4) is 0 Å². The SMILES string of the molecule is CC1(C)Cc2cc(Cl)c([N+](=O)[O-])cc2C(CC(=O)C2CCCCC2)=N1. The number of halogens is 1. The van der Waals surface area contributed by atoms with Gasteiger partial charge in [0.25, 0.3) is 5.69 Å². The zero-order valence-corrected chi connectivity index (χ0v) is 15.4. The number of nitro benzene ring substituents is 1. The minimum absolute atomic E-state index is 0.104. The summed E-state index contributed by atoms with van der Waals surface area (Å²) < 4.78 is 0. The highest BCUT2D eigenvalue weighted by Gasteiger charge is 2.32. The van der Waals surface area contributed by atoms with E-state index >= 15 is 0 Å². The Morgan fingerprint density at radius 3 is 2.64 bits per heavy atom. The summed E-state index contributed by atoms with van der Waals surface area (Å²) in [5.41, 5.74) is 1.84. The zero-order chi connectivity index (χ0) is 18.2. The Balaban J connectivity index is 1.95. The molecule has 0 bridgehead atoms. The fraction of sp³-hybridized carbons (Fsp3) is 0.579. The van der Waals surface area contributed by atoms with Gasteiger partial charge in [-0.15, -0.1) is 0 Å². The fourth-order valence-corrected chi connectivity index (χ4v) is 4.21. The van der Waals surface area contributed by atoms with Crippen LogP contribution in [-0.4, -0.2) is 22.0 Å². The van der Waals surface area contributed by atoms with Crippen molar-refractivity contribution in [3.63, 3.8) is 0 Å². The number of rotatable bonds is 4. The average molecular weight is 363 g/mol. The van der Waals surface area contributed by atoms with Crippen molar-refractivity contribution in [2.45, 2.75) is 64.3 Å². The van der Waals surface area contributed by atoms with E-state index in [9.17, 15) is 14.9 Å². The molecule has 5 nitrogen and oxygen atoms in total. The Hall–Kier alpha value is -1.75. The van der Waals surface area contributed by atoms with Crippen molar-refractivity contribution in [1.29, 1.82) is 0 Å². The number of hydrogen-bond donors (Lipinski definition) is 0. The third kappa shape index (κ3) is 3.92. The van der Waals surface area contributed by atoms with Crippen molar-refractivity contribution >= 4 is 28.8 Å². The largest absolute Gasteiger partial charge is 0.299 e. The molecule has 1 aromatic carbocycles. The minimum Gasteiger partial charge on any atom is -0.299 e. The van der Waals surface area contributed by atoms with Gasteiger partial charge >= 0.3 is 0 Å². The molecule has 0 amide bonds. The molecule has 0 N–H and O–H groups in total. The van der Waals surface area contributed by atoms with Crippen LogP contribution in [0.25, 0.3) is 0 Å². The Morgan fingerprint density at radius 2 is 2.00 bits per heavy atom. The first-order valence-corrected chi connectivity index (χ1v) is 9.23. The Labute approximate surface area is 152 Å². The van der Waals surface area contributed by atoms with Crippen molar-refractivity contribution < 1.29 is 9.72 Å². The molecule has 1 heterocycles. The predicted molar refractivity (Wildman–Crippen MR) is 98.6 cm³/mol. The average Bonchev–Trinajstić information content (AvgIpc) is 2.53. The van der Waals surface area contributed by atoms with Crippen LogP contribution in [0.2, 0.25) is 5.02 Å². The molecule has 0 spiro atoms. The van der Waals surface area contributed by atoms with E-state index in [-0.39, 0.29) is 34.4 Å². The van der Waals surface area contributed by atoms with E-state index in [1.165, 1.54) is 12.5 Å². The molecule has 1 aromatic rings. The lowest BCUT2D eigenvalue weighted by Crippen LogP contribution is -2.31. The third-order valence-electron chi connectivity index (χ3n) is 5.14. The second kappa shape index (κ2) is 6.87. The summed E-state index contributed by atoms with van der Waals surface area (Å²) in [7, 11) is 0. The molecule has 0 unspecified atom stereocenters. The lowest BCUT2D eigenvalue weighted by molar-refractivity contribution is -0.384. The number of carbonyl (C=O) groups is 1. The van der Waals surface area contributed by atoms with Crippen LogP contribution in [0, 0.1) is 16.0 Å². The van der Waals surface area contributed by atoms with Crippen LogP contribution in [0.15, 0.2) is 17.1 Å². The topological polar surface area (TPSA) is 72.6 Å². The van der Waals surface area contributed by atoms with E-state index in [1.54, 1.807) is 6.07 Å². The van der Waals surface area contributed by atoms with Crippen molar-refractivity contribution in [2.24, 2.45) is 10.9 Å². The first kappa shape index (κ1) is 18.1. The maximum atomic E-state index is 12.7. The summed E-state index contributed by atoms with van der Waals surface area (Å²) in [6.45, 7) is 4.02. The quantitative estimate of drug-likeness (QED) is 0.564. The van der Waals surface area contributed by atoms with Gasteiger partial charge in [-0.2, -0.15) is 0 Å². The van der Waals surface area contributed by atoms with Gasteiger partial charge in [-0.25, -0.2) is 0 Å². The van der Waals surface area contributed by atoms with E-state index in [2.05, 4.69) is 0 Å². The van der Waals surface area contributed by atoms with Gasteiger partial charge in [-0.1, -0.05) is 30.9 Å². The molecule has 0 radical (unpaired) electrons. The van der Waals surface area contributed by atoms with Crippen LogP contribution in [0.4, 0.5) is 5.69 Å². The second-order valence-electron chi connectivity index (χ2n) is 7.74. The van der Waals surface area contributed by atoms with Crippen LogP contribution < -0.4 is 0 Å².